The van der Waals surface area contributed by atoms with Crippen molar-refractivity contribution in [3.63, 3.8) is 0 Å². The van der Waals surface area contributed by atoms with Crippen LogP contribution in [0.3, 0.4) is 0 Å². The number of pyridine rings is 1. The summed E-state index contributed by atoms with van der Waals surface area (Å²) in [5.41, 5.74) is 8.42. The SMILES string of the molecule is Cl.N[C@@H]1CN(C(=O)CCc2ccccn2)C[C@H]1c1ccccc1. The quantitative estimate of drug-likeness (QED) is 0.935. The Morgan fingerprint density at radius 1 is 1.13 bits per heavy atom. The topological polar surface area (TPSA) is 59.2 Å². The Morgan fingerprint density at radius 3 is 2.57 bits per heavy atom. The lowest BCUT2D eigenvalue weighted by molar-refractivity contribution is -0.130. The minimum absolute atomic E-state index is 0. The van der Waals surface area contributed by atoms with Crippen LogP contribution in [0.25, 0.3) is 0 Å². The van der Waals surface area contributed by atoms with E-state index in [-0.39, 0.29) is 30.3 Å². The molecule has 0 bridgehead atoms. The number of carbonyl (C=O) groups excluding carboxylic acids is 1. The van der Waals surface area contributed by atoms with Gasteiger partial charge in [0.15, 0.2) is 0 Å². The predicted molar refractivity (Wildman–Crippen MR) is 93.5 cm³/mol. The van der Waals surface area contributed by atoms with Crippen LogP contribution >= 0.6 is 12.4 Å². The largest absolute Gasteiger partial charge is 0.340 e. The molecular weight excluding hydrogens is 310 g/mol. The summed E-state index contributed by atoms with van der Waals surface area (Å²) < 4.78 is 0. The van der Waals surface area contributed by atoms with Gasteiger partial charge in [0.25, 0.3) is 0 Å². The monoisotopic (exact) mass is 331 g/mol. The number of aromatic nitrogens is 1. The van der Waals surface area contributed by atoms with Crippen LogP contribution in [0.2, 0.25) is 0 Å². The molecule has 2 N–H and O–H groups in total. The molecule has 3 rings (SSSR count). The molecule has 0 unspecified atom stereocenters. The van der Waals surface area contributed by atoms with Gasteiger partial charge in [0.05, 0.1) is 0 Å². The first-order chi connectivity index (χ1) is 10.7. The molecule has 1 aliphatic heterocycles. The summed E-state index contributed by atoms with van der Waals surface area (Å²) >= 11 is 0. The molecule has 122 valence electrons. The molecule has 1 aromatic carbocycles. The number of benzene rings is 1. The highest BCUT2D eigenvalue weighted by Gasteiger charge is 2.33. The second kappa shape index (κ2) is 8.09. The van der Waals surface area contributed by atoms with E-state index in [1.165, 1.54) is 5.56 Å². The Hall–Kier alpha value is -1.91. The van der Waals surface area contributed by atoms with Gasteiger partial charge in [-0.05, 0) is 24.1 Å². The van der Waals surface area contributed by atoms with Crippen molar-refractivity contribution in [2.45, 2.75) is 24.8 Å². The van der Waals surface area contributed by atoms with Crippen molar-refractivity contribution in [1.82, 2.24) is 9.88 Å². The molecule has 0 aliphatic carbocycles. The fourth-order valence-corrected chi connectivity index (χ4v) is 3.02. The number of hydrogen-bond acceptors (Lipinski definition) is 3. The zero-order valence-electron chi connectivity index (χ0n) is 13.0. The summed E-state index contributed by atoms with van der Waals surface area (Å²) in [6, 6.07) is 16.0. The molecule has 0 radical (unpaired) electrons. The number of nitrogens with two attached hydrogens (primary N) is 1. The minimum atomic E-state index is 0. The number of likely N-dealkylation sites (tertiary alicyclic amines) is 1. The van der Waals surface area contributed by atoms with Crippen molar-refractivity contribution in [3.05, 3.63) is 66.0 Å². The van der Waals surface area contributed by atoms with E-state index >= 15 is 0 Å². The number of halogens is 1. The first-order valence-corrected chi connectivity index (χ1v) is 7.72. The van der Waals surface area contributed by atoms with Gasteiger partial charge in [-0.25, -0.2) is 0 Å². The maximum Gasteiger partial charge on any atom is 0.223 e. The lowest BCUT2D eigenvalue weighted by Crippen LogP contribution is -2.32. The summed E-state index contributed by atoms with van der Waals surface area (Å²) in [5.74, 6) is 0.402. The first-order valence-electron chi connectivity index (χ1n) is 7.72. The summed E-state index contributed by atoms with van der Waals surface area (Å²) in [5, 5.41) is 0. The van der Waals surface area contributed by atoms with Crippen LogP contribution in [-0.2, 0) is 11.2 Å². The van der Waals surface area contributed by atoms with Crippen LogP contribution < -0.4 is 5.73 Å². The first kappa shape index (κ1) is 17.4. The average molecular weight is 332 g/mol. The van der Waals surface area contributed by atoms with Gasteiger partial charge < -0.3 is 10.6 Å². The second-order valence-electron chi connectivity index (χ2n) is 5.80. The molecular formula is C18H22ClN3O. The number of amides is 1. The Kier molecular flexibility index (Phi) is 6.13. The fraction of sp³-hybridized carbons (Fsp3) is 0.333. The van der Waals surface area contributed by atoms with E-state index in [2.05, 4.69) is 17.1 Å². The third kappa shape index (κ3) is 4.30. The summed E-state index contributed by atoms with van der Waals surface area (Å²) in [4.78, 5) is 18.5. The highest BCUT2D eigenvalue weighted by atomic mass is 35.5. The Balaban J connectivity index is 0.00000192. The number of nitrogens with zero attached hydrogens (tertiary/aromatic N) is 2. The minimum Gasteiger partial charge on any atom is -0.340 e. The van der Waals surface area contributed by atoms with Crippen molar-refractivity contribution in [2.24, 2.45) is 5.73 Å². The molecule has 4 nitrogen and oxygen atoms in total. The van der Waals surface area contributed by atoms with Crippen LogP contribution in [0.1, 0.15) is 23.6 Å². The molecule has 1 saturated heterocycles. The van der Waals surface area contributed by atoms with Gasteiger partial charge in [0, 0.05) is 43.4 Å². The molecule has 2 atom stereocenters. The van der Waals surface area contributed by atoms with E-state index in [1.807, 2.05) is 41.3 Å². The van der Waals surface area contributed by atoms with Gasteiger partial charge in [-0.15, -0.1) is 12.4 Å². The molecule has 23 heavy (non-hydrogen) atoms. The van der Waals surface area contributed by atoms with Crippen molar-refractivity contribution >= 4 is 18.3 Å². The molecule has 0 spiro atoms. The van der Waals surface area contributed by atoms with Crippen molar-refractivity contribution < 1.29 is 4.79 Å². The summed E-state index contributed by atoms with van der Waals surface area (Å²) in [6.07, 6.45) is 2.93. The van der Waals surface area contributed by atoms with Gasteiger partial charge in [0.1, 0.15) is 0 Å². The van der Waals surface area contributed by atoms with E-state index in [9.17, 15) is 4.79 Å². The maximum atomic E-state index is 12.4. The number of carbonyl (C=O) groups is 1. The average Bonchev–Trinajstić information content (AvgIpc) is 2.96. The van der Waals surface area contributed by atoms with Gasteiger partial charge >= 0.3 is 0 Å². The van der Waals surface area contributed by atoms with Gasteiger partial charge in [-0.1, -0.05) is 36.4 Å². The van der Waals surface area contributed by atoms with Gasteiger partial charge in [0.2, 0.25) is 5.91 Å². The van der Waals surface area contributed by atoms with Crippen LogP contribution in [0.4, 0.5) is 0 Å². The molecule has 1 aliphatic rings. The second-order valence-corrected chi connectivity index (χ2v) is 5.80. The van der Waals surface area contributed by atoms with Crippen molar-refractivity contribution in [1.29, 1.82) is 0 Å². The highest BCUT2D eigenvalue weighted by Crippen LogP contribution is 2.26. The van der Waals surface area contributed by atoms with E-state index in [1.54, 1.807) is 6.20 Å². The zero-order valence-corrected chi connectivity index (χ0v) is 13.8. The highest BCUT2D eigenvalue weighted by molar-refractivity contribution is 5.85. The fourth-order valence-electron chi connectivity index (χ4n) is 3.02. The van der Waals surface area contributed by atoms with Crippen molar-refractivity contribution in [3.8, 4) is 0 Å². The molecule has 0 saturated carbocycles. The van der Waals surface area contributed by atoms with Crippen LogP contribution in [0.5, 0.6) is 0 Å². The lowest BCUT2D eigenvalue weighted by atomic mass is 9.95. The molecule has 1 amide bonds. The van der Waals surface area contributed by atoms with Gasteiger partial charge in [-0.2, -0.15) is 0 Å². The van der Waals surface area contributed by atoms with Crippen LogP contribution in [-0.4, -0.2) is 34.9 Å². The Morgan fingerprint density at radius 2 is 1.87 bits per heavy atom. The Labute approximate surface area is 143 Å². The van der Waals surface area contributed by atoms with Crippen molar-refractivity contribution in [2.75, 3.05) is 13.1 Å². The molecule has 2 heterocycles. The normalized spacial score (nSPS) is 20.1. The van der Waals surface area contributed by atoms with Crippen LogP contribution in [0.15, 0.2) is 54.7 Å². The summed E-state index contributed by atoms with van der Waals surface area (Å²) in [6.45, 7) is 1.35. The smallest absolute Gasteiger partial charge is 0.223 e. The number of aryl methyl sites for hydroxylation is 1. The maximum absolute atomic E-state index is 12.4. The van der Waals surface area contributed by atoms with Crippen LogP contribution in [0, 0.1) is 0 Å². The van der Waals surface area contributed by atoms with E-state index < -0.39 is 0 Å². The Bertz CT molecular complexity index is 621. The van der Waals surface area contributed by atoms with Gasteiger partial charge in [-0.3, -0.25) is 9.78 Å². The number of rotatable bonds is 4. The third-order valence-corrected chi connectivity index (χ3v) is 4.27. The lowest BCUT2D eigenvalue weighted by Gasteiger charge is -2.16. The predicted octanol–water partition coefficient (Wildman–Crippen LogP) is 2.39. The molecule has 1 fully saturated rings. The van der Waals surface area contributed by atoms with E-state index in [0.29, 0.717) is 25.9 Å². The number of hydrogen-bond donors (Lipinski definition) is 1. The third-order valence-electron chi connectivity index (χ3n) is 4.27. The van der Waals surface area contributed by atoms with E-state index in [0.717, 1.165) is 5.69 Å². The molecule has 2 aromatic rings. The summed E-state index contributed by atoms with van der Waals surface area (Å²) in [7, 11) is 0. The molecule has 1 aromatic heterocycles. The molecule has 5 heteroatoms. The zero-order chi connectivity index (χ0) is 15.4. The van der Waals surface area contributed by atoms with E-state index in [4.69, 9.17) is 5.73 Å². The standard InChI is InChI=1S/C18H21N3O.ClH/c19-17-13-21(12-16(17)14-6-2-1-3-7-14)18(22)10-9-15-8-4-5-11-20-15;/h1-8,11,16-17H,9-10,12-13,19H2;1H/t16-,17+;/m0./s1.